The molecule has 1 aliphatic heterocycles. The van der Waals surface area contributed by atoms with Crippen LogP contribution in [0.25, 0.3) is 0 Å². The van der Waals surface area contributed by atoms with Crippen molar-refractivity contribution in [3.8, 4) is 0 Å². The number of amides is 1. The van der Waals surface area contributed by atoms with Crippen molar-refractivity contribution in [2.24, 2.45) is 5.73 Å². The molecule has 1 rings (SSSR count). The fraction of sp³-hybridized carbons (Fsp3) is 0.900. The Hall–Kier alpha value is -0.610. The molecule has 1 saturated heterocycles. The standard InChI is InChI=1S/C10H21N3O/c1-10(2,11)8-9(14)13-6-4-12(3)5-7-13/h4-8,11H2,1-3H3. The Bertz CT molecular complexity index is 202. The Balaban J connectivity index is 2.38. The van der Waals surface area contributed by atoms with Crippen molar-refractivity contribution < 1.29 is 4.79 Å². The number of carbonyl (C=O) groups excluding carboxylic acids is 1. The zero-order valence-electron chi connectivity index (χ0n) is 9.42. The highest BCUT2D eigenvalue weighted by Crippen LogP contribution is 2.09. The maximum absolute atomic E-state index is 11.7. The van der Waals surface area contributed by atoms with Crippen LogP contribution in [-0.4, -0.2) is 54.5 Å². The average Bonchev–Trinajstić information content (AvgIpc) is 2.02. The first-order chi connectivity index (χ1) is 6.38. The molecule has 1 heterocycles. The molecule has 4 nitrogen and oxygen atoms in total. The Kier molecular flexibility index (Phi) is 3.50. The van der Waals surface area contributed by atoms with Crippen LogP contribution >= 0.6 is 0 Å². The lowest BCUT2D eigenvalue weighted by atomic mass is 10.0. The number of rotatable bonds is 2. The molecule has 0 aromatic carbocycles. The van der Waals surface area contributed by atoms with Crippen LogP contribution in [0.5, 0.6) is 0 Å². The summed E-state index contributed by atoms with van der Waals surface area (Å²) < 4.78 is 0. The molecule has 2 N–H and O–H groups in total. The van der Waals surface area contributed by atoms with Gasteiger partial charge in [0.25, 0.3) is 0 Å². The van der Waals surface area contributed by atoms with Crippen LogP contribution in [0.4, 0.5) is 0 Å². The van der Waals surface area contributed by atoms with Gasteiger partial charge < -0.3 is 15.5 Å². The first-order valence-corrected chi connectivity index (χ1v) is 5.14. The monoisotopic (exact) mass is 199 g/mol. The van der Waals surface area contributed by atoms with Crippen molar-refractivity contribution in [2.45, 2.75) is 25.8 Å². The normalized spacial score (nSPS) is 19.9. The third-order valence-electron chi connectivity index (χ3n) is 2.46. The van der Waals surface area contributed by atoms with Gasteiger partial charge in [0.2, 0.25) is 5.91 Å². The summed E-state index contributed by atoms with van der Waals surface area (Å²) in [5, 5.41) is 0. The highest BCUT2D eigenvalue weighted by molar-refractivity contribution is 5.77. The first kappa shape index (κ1) is 11.5. The van der Waals surface area contributed by atoms with Gasteiger partial charge in [-0.1, -0.05) is 0 Å². The molecule has 82 valence electrons. The molecular weight excluding hydrogens is 178 g/mol. The van der Waals surface area contributed by atoms with Gasteiger partial charge in [0, 0.05) is 38.1 Å². The van der Waals surface area contributed by atoms with Crippen LogP contribution < -0.4 is 5.73 Å². The SMILES string of the molecule is CN1CCN(C(=O)CC(C)(C)N)CC1. The Morgan fingerprint density at radius 2 is 1.79 bits per heavy atom. The lowest BCUT2D eigenvalue weighted by Crippen LogP contribution is -2.49. The van der Waals surface area contributed by atoms with Gasteiger partial charge in [0.05, 0.1) is 0 Å². The third kappa shape index (κ3) is 3.64. The first-order valence-electron chi connectivity index (χ1n) is 5.14. The number of hydrogen-bond acceptors (Lipinski definition) is 3. The van der Waals surface area contributed by atoms with Crippen LogP contribution in [0.1, 0.15) is 20.3 Å². The second-order valence-electron chi connectivity index (χ2n) is 4.85. The molecule has 0 unspecified atom stereocenters. The zero-order chi connectivity index (χ0) is 10.8. The highest BCUT2D eigenvalue weighted by atomic mass is 16.2. The van der Waals surface area contributed by atoms with Gasteiger partial charge in [0.1, 0.15) is 0 Å². The van der Waals surface area contributed by atoms with Crippen molar-refractivity contribution in [1.82, 2.24) is 9.80 Å². The van der Waals surface area contributed by atoms with Crippen molar-refractivity contribution in [2.75, 3.05) is 33.2 Å². The third-order valence-corrected chi connectivity index (χ3v) is 2.46. The second kappa shape index (κ2) is 4.28. The molecule has 0 aromatic rings. The molecule has 0 saturated carbocycles. The van der Waals surface area contributed by atoms with Crippen LogP contribution in [-0.2, 0) is 4.79 Å². The summed E-state index contributed by atoms with van der Waals surface area (Å²) in [4.78, 5) is 15.9. The van der Waals surface area contributed by atoms with Gasteiger partial charge in [-0.2, -0.15) is 0 Å². The van der Waals surface area contributed by atoms with Crippen molar-refractivity contribution in [1.29, 1.82) is 0 Å². The summed E-state index contributed by atoms with van der Waals surface area (Å²) >= 11 is 0. The van der Waals surface area contributed by atoms with Gasteiger partial charge in [-0.15, -0.1) is 0 Å². The lowest BCUT2D eigenvalue weighted by Gasteiger charge is -2.34. The van der Waals surface area contributed by atoms with E-state index in [-0.39, 0.29) is 11.4 Å². The van der Waals surface area contributed by atoms with Crippen molar-refractivity contribution >= 4 is 5.91 Å². The van der Waals surface area contributed by atoms with Crippen LogP contribution in [0.2, 0.25) is 0 Å². The molecule has 0 bridgehead atoms. The predicted octanol–water partition coefficient (Wildman–Crippen LogP) is -0.112. The summed E-state index contributed by atoms with van der Waals surface area (Å²) in [6.07, 6.45) is 0.441. The fourth-order valence-electron chi connectivity index (χ4n) is 1.56. The number of piperazine rings is 1. The molecule has 0 aromatic heterocycles. The van der Waals surface area contributed by atoms with Crippen LogP contribution in [0, 0.1) is 0 Å². The summed E-state index contributed by atoms with van der Waals surface area (Å²) in [5.41, 5.74) is 5.42. The number of nitrogens with two attached hydrogens (primary N) is 1. The minimum atomic E-state index is -0.388. The minimum absolute atomic E-state index is 0.186. The minimum Gasteiger partial charge on any atom is -0.340 e. The van der Waals surface area contributed by atoms with E-state index in [0.29, 0.717) is 6.42 Å². The van der Waals surface area contributed by atoms with E-state index >= 15 is 0 Å². The van der Waals surface area contributed by atoms with Gasteiger partial charge >= 0.3 is 0 Å². The quantitative estimate of drug-likeness (QED) is 0.675. The Morgan fingerprint density at radius 3 is 2.21 bits per heavy atom. The number of carbonyl (C=O) groups is 1. The summed E-state index contributed by atoms with van der Waals surface area (Å²) in [5.74, 6) is 0.186. The summed E-state index contributed by atoms with van der Waals surface area (Å²) in [6.45, 7) is 7.40. The number of nitrogens with zero attached hydrogens (tertiary/aromatic N) is 2. The molecule has 14 heavy (non-hydrogen) atoms. The van der Waals surface area contributed by atoms with Crippen molar-refractivity contribution in [3.63, 3.8) is 0 Å². The topological polar surface area (TPSA) is 49.6 Å². The largest absolute Gasteiger partial charge is 0.340 e. The molecule has 0 atom stereocenters. The maximum Gasteiger partial charge on any atom is 0.224 e. The van der Waals surface area contributed by atoms with E-state index in [4.69, 9.17) is 5.73 Å². The van der Waals surface area contributed by atoms with E-state index in [1.165, 1.54) is 0 Å². The molecule has 1 amide bonds. The molecular formula is C10H21N3O. The maximum atomic E-state index is 11.7. The number of hydrogen-bond donors (Lipinski definition) is 1. The van der Waals surface area contributed by atoms with Gasteiger partial charge in [0.15, 0.2) is 0 Å². The lowest BCUT2D eigenvalue weighted by molar-refractivity contribution is -0.133. The average molecular weight is 199 g/mol. The molecule has 0 radical (unpaired) electrons. The van der Waals surface area contributed by atoms with E-state index in [0.717, 1.165) is 26.2 Å². The van der Waals surface area contributed by atoms with Gasteiger partial charge in [-0.25, -0.2) is 0 Å². The van der Waals surface area contributed by atoms with Gasteiger partial charge in [-0.05, 0) is 20.9 Å². The molecule has 1 aliphatic rings. The molecule has 4 heteroatoms. The number of likely N-dealkylation sites (N-methyl/N-ethyl adjacent to an activating group) is 1. The highest BCUT2D eigenvalue weighted by Gasteiger charge is 2.23. The van der Waals surface area contributed by atoms with Crippen LogP contribution in [0.15, 0.2) is 0 Å². The van der Waals surface area contributed by atoms with Crippen LogP contribution in [0.3, 0.4) is 0 Å². The fourth-order valence-corrected chi connectivity index (χ4v) is 1.56. The molecule has 0 spiro atoms. The van der Waals surface area contributed by atoms with E-state index in [1.54, 1.807) is 0 Å². The van der Waals surface area contributed by atoms with Crippen molar-refractivity contribution in [3.05, 3.63) is 0 Å². The Morgan fingerprint density at radius 1 is 1.29 bits per heavy atom. The summed E-state index contributed by atoms with van der Waals surface area (Å²) in [6, 6.07) is 0. The predicted molar refractivity (Wildman–Crippen MR) is 57.0 cm³/mol. The van der Waals surface area contributed by atoms with E-state index in [2.05, 4.69) is 11.9 Å². The zero-order valence-corrected chi connectivity index (χ0v) is 9.42. The molecule has 1 fully saturated rings. The van der Waals surface area contributed by atoms with Gasteiger partial charge in [-0.3, -0.25) is 4.79 Å². The van der Waals surface area contributed by atoms with E-state index < -0.39 is 0 Å². The van der Waals surface area contributed by atoms with E-state index in [1.807, 2.05) is 18.7 Å². The second-order valence-corrected chi connectivity index (χ2v) is 4.85. The van der Waals surface area contributed by atoms with E-state index in [9.17, 15) is 4.79 Å². The molecule has 0 aliphatic carbocycles. The smallest absolute Gasteiger partial charge is 0.224 e. The summed E-state index contributed by atoms with van der Waals surface area (Å²) in [7, 11) is 2.08. The Labute approximate surface area is 86.0 Å².